The Morgan fingerprint density at radius 1 is 1.35 bits per heavy atom. The van der Waals surface area contributed by atoms with Gasteiger partial charge in [-0.1, -0.05) is 6.07 Å². The zero-order valence-electron chi connectivity index (χ0n) is 12.0. The van der Waals surface area contributed by atoms with Crippen LogP contribution in [0.5, 0.6) is 0 Å². The molecule has 1 spiro atoms. The summed E-state index contributed by atoms with van der Waals surface area (Å²) in [5, 5.41) is 9.16. The number of ether oxygens (including phenoxy) is 1. The number of benzene rings is 1. The van der Waals surface area contributed by atoms with Crippen molar-refractivity contribution < 1.29 is 31.8 Å². The molecule has 1 heterocycles. The molecule has 9 heteroatoms. The van der Waals surface area contributed by atoms with Crippen LogP contribution in [-0.2, 0) is 19.6 Å². The van der Waals surface area contributed by atoms with Crippen LogP contribution in [0.2, 0.25) is 0 Å². The maximum Gasteiger partial charge on any atom is 0.334 e. The normalized spacial score (nSPS) is 24.3. The van der Waals surface area contributed by atoms with Gasteiger partial charge in [-0.3, -0.25) is 0 Å². The summed E-state index contributed by atoms with van der Waals surface area (Å²) in [5.74, 6) is -4.02. The zero-order valence-corrected chi connectivity index (χ0v) is 12.9. The minimum Gasteiger partial charge on any atom is -0.479 e. The topological polar surface area (TPSA) is 83.9 Å². The summed E-state index contributed by atoms with van der Waals surface area (Å²) in [5.41, 5.74) is -0.849. The van der Waals surface area contributed by atoms with Gasteiger partial charge in [0.2, 0.25) is 10.0 Å². The van der Waals surface area contributed by atoms with Gasteiger partial charge in [-0.25, -0.2) is 22.0 Å². The summed E-state index contributed by atoms with van der Waals surface area (Å²) in [4.78, 5) is 10.4. The van der Waals surface area contributed by atoms with E-state index in [-0.39, 0.29) is 6.54 Å². The van der Waals surface area contributed by atoms with E-state index in [4.69, 9.17) is 9.84 Å². The van der Waals surface area contributed by atoms with Gasteiger partial charge >= 0.3 is 5.97 Å². The van der Waals surface area contributed by atoms with E-state index in [0.717, 1.165) is 28.9 Å². The average Bonchev–Trinajstić information content (AvgIpc) is 2.47. The summed E-state index contributed by atoms with van der Waals surface area (Å²) in [6, 6.07) is 2.88. The molecule has 126 valence electrons. The van der Waals surface area contributed by atoms with Crippen LogP contribution >= 0.6 is 0 Å². The third-order valence-corrected chi connectivity index (χ3v) is 6.13. The van der Waals surface area contributed by atoms with Crippen molar-refractivity contribution in [2.45, 2.75) is 35.9 Å². The molecule has 0 bridgehead atoms. The molecule has 1 aliphatic heterocycles. The van der Waals surface area contributed by atoms with Gasteiger partial charge in [0.1, 0.15) is 4.90 Å². The molecular formula is C14H15F2NO5S. The van der Waals surface area contributed by atoms with Crippen LogP contribution < -0.4 is 0 Å². The van der Waals surface area contributed by atoms with Gasteiger partial charge < -0.3 is 9.84 Å². The van der Waals surface area contributed by atoms with Crippen LogP contribution in [0, 0.1) is 11.6 Å². The smallest absolute Gasteiger partial charge is 0.334 e. The molecule has 3 rings (SSSR count). The van der Waals surface area contributed by atoms with Crippen LogP contribution in [0.3, 0.4) is 0 Å². The lowest BCUT2D eigenvalue weighted by atomic mass is 9.79. The molecule has 1 saturated heterocycles. The number of aliphatic carboxylic acids is 1. The van der Waals surface area contributed by atoms with Gasteiger partial charge in [-0.15, -0.1) is 0 Å². The number of hydrogen-bond donors (Lipinski definition) is 1. The molecule has 1 aromatic rings. The Balaban J connectivity index is 1.98. The van der Waals surface area contributed by atoms with Crippen molar-refractivity contribution in [3.05, 3.63) is 29.8 Å². The Labute approximate surface area is 131 Å². The van der Waals surface area contributed by atoms with Gasteiger partial charge in [0.25, 0.3) is 0 Å². The van der Waals surface area contributed by atoms with Gasteiger partial charge in [0.05, 0.1) is 12.1 Å². The highest BCUT2D eigenvalue weighted by Gasteiger charge is 2.50. The summed E-state index contributed by atoms with van der Waals surface area (Å²) in [6.45, 7) is -0.496. The molecule has 1 atom stereocenters. The van der Waals surface area contributed by atoms with E-state index in [1.165, 1.54) is 0 Å². The molecule has 6 nitrogen and oxygen atoms in total. The maximum atomic E-state index is 13.9. The van der Waals surface area contributed by atoms with Crippen LogP contribution in [0.15, 0.2) is 23.1 Å². The Bertz CT molecular complexity index is 748. The van der Waals surface area contributed by atoms with Crippen LogP contribution in [-0.4, -0.2) is 48.6 Å². The third-order valence-electron chi connectivity index (χ3n) is 4.30. The SMILES string of the molecule is O=C(O)C1CN(S(=O)(=O)c2cccc(F)c2F)CC2(CCC2)O1. The van der Waals surface area contributed by atoms with Crippen molar-refractivity contribution in [2.24, 2.45) is 0 Å². The second kappa shape index (κ2) is 5.50. The van der Waals surface area contributed by atoms with E-state index >= 15 is 0 Å². The Kier molecular flexibility index (Phi) is 3.89. The third kappa shape index (κ3) is 2.73. The molecule has 0 radical (unpaired) electrons. The first-order valence-electron chi connectivity index (χ1n) is 7.10. The lowest BCUT2D eigenvalue weighted by molar-refractivity contribution is -0.195. The summed E-state index contributed by atoms with van der Waals surface area (Å²) in [6.07, 6.45) is 0.549. The molecular weight excluding hydrogens is 332 g/mol. The molecule has 0 amide bonds. The van der Waals surface area contributed by atoms with E-state index in [0.29, 0.717) is 12.8 Å². The summed E-state index contributed by atoms with van der Waals surface area (Å²) < 4.78 is 58.9. The van der Waals surface area contributed by atoms with Gasteiger partial charge in [0.15, 0.2) is 17.7 Å². The molecule has 1 aromatic carbocycles. The zero-order chi connectivity index (χ0) is 16.8. The number of halogens is 2. The molecule has 1 saturated carbocycles. The Hall–Kier alpha value is -1.58. The standard InChI is InChI=1S/C14H15F2NO5S/c15-9-3-1-4-11(12(9)16)23(20,21)17-7-10(13(18)19)22-14(8-17)5-2-6-14/h1,3-4,10H,2,5-8H2,(H,18,19). The fraction of sp³-hybridized carbons (Fsp3) is 0.500. The molecule has 1 N–H and O–H groups in total. The number of morpholine rings is 1. The number of rotatable bonds is 3. The predicted molar refractivity (Wildman–Crippen MR) is 74.2 cm³/mol. The highest BCUT2D eigenvalue weighted by atomic mass is 32.2. The minimum atomic E-state index is -4.35. The van der Waals surface area contributed by atoms with E-state index in [1.54, 1.807) is 0 Å². The highest BCUT2D eigenvalue weighted by molar-refractivity contribution is 7.89. The number of carboxylic acid groups (broad SMARTS) is 1. The van der Waals surface area contributed by atoms with Gasteiger partial charge in [-0.2, -0.15) is 4.31 Å². The van der Waals surface area contributed by atoms with Crippen LogP contribution in [0.25, 0.3) is 0 Å². The van der Waals surface area contributed by atoms with E-state index in [2.05, 4.69) is 0 Å². The van der Waals surface area contributed by atoms with Crippen molar-refractivity contribution in [1.82, 2.24) is 4.31 Å². The maximum absolute atomic E-state index is 13.9. The first kappa shape index (κ1) is 16.3. The predicted octanol–water partition coefficient (Wildman–Crippen LogP) is 1.36. The van der Waals surface area contributed by atoms with E-state index in [9.17, 15) is 22.0 Å². The largest absolute Gasteiger partial charge is 0.479 e. The first-order valence-corrected chi connectivity index (χ1v) is 8.54. The van der Waals surface area contributed by atoms with Crippen molar-refractivity contribution in [2.75, 3.05) is 13.1 Å². The lowest BCUT2D eigenvalue weighted by Crippen LogP contribution is -2.61. The van der Waals surface area contributed by atoms with Crippen molar-refractivity contribution >= 4 is 16.0 Å². The second-order valence-electron chi connectivity index (χ2n) is 5.83. The fourth-order valence-corrected chi connectivity index (χ4v) is 4.52. The second-order valence-corrected chi connectivity index (χ2v) is 7.74. The average molecular weight is 347 g/mol. The van der Waals surface area contributed by atoms with E-state index < -0.39 is 50.8 Å². The quantitative estimate of drug-likeness (QED) is 0.893. The number of hydrogen-bond acceptors (Lipinski definition) is 4. The highest BCUT2D eigenvalue weighted by Crippen LogP contribution is 2.41. The summed E-state index contributed by atoms with van der Waals surface area (Å²) in [7, 11) is -4.35. The fourth-order valence-electron chi connectivity index (χ4n) is 2.93. The Morgan fingerprint density at radius 2 is 2.04 bits per heavy atom. The van der Waals surface area contributed by atoms with Crippen molar-refractivity contribution in [3.63, 3.8) is 0 Å². The molecule has 1 aliphatic carbocycles. The minimum absolute atomic E-state index is 0.0604. The number of carbonyl (C=O) groups is 1. The number of nitrogens with zero attached hydrogens (tertiary/aromatic N) is 1. The number of sulfonamides is 1. The Morgan fingerprint density at radius 3 is 2.61 bits per heavy atom. The number of carboxylic acids is 1. The monoisotopic (exact) mass is 347 g/mol. The van der Waals surface area contributed by atoms with E-state index in [1.807, 2.05) is 0 Å². The van der Waals surface area contributed by atoms with Gasteiger partial charge in [0, 0.05) is 6.54 Å². The molecule has 2 aliphatic rings. The molecule has 1 unspecified atom stereocenters. The van der Waals surface area contributed by atoms with Crippen molar-refractivity contribution in [3.8, 4) is 0 Å². The summed E-state index contributed by atoms with van der Waals surface area (Å²) >= 11 is 0. The molecule has 2 fully saturated rings. The van der Waals surface area contributed by atoms with Crippen LogP contribution in [0.4, 0.5) is 8.78 Å². The van der Waals surface area contributed by atoms with Crippen molar-refractivity contribution in [1.29, 1.82) is 0 Å². The van der Waals surface area contributed by atoms with Crippen LogP contribution in [0.1, 0.15) is 19.3 Å². The molecule has 23 heavy (non-hydrogen) atoms. The molecule has 0 aromatic heterocycles. The lowest BCUT2D eigenvalue weighted by Gasteiger charge is -2.49. The first-order chi connectivity index (χ1) is 10.8. The van der Waals surface area contributed by atoms with Gasteiger partial charge in [-0.05, 0) is 31.4 Å².